The zero-order valence-corrected chi connectivity index (χ0v) is 16.4. The van der Waals surface area contributed by atoms with Crippen molar-refractivity contribution >= 4 is 34.9 Å². The van der Waals surface area contributed by atoms with E-state index in [-0.39, 0.29) is 24.6 Å². The number of rotatable bonds is 5. The predicted octanol–water partition coefficient (Wildman–Crippen LogP) is 3.28. The van der Waals surface area contributed by atoms with Crippen molar-refractivity contribution < 1.29 is 19.1 Å². The lowest BCUT2D eigenvalue weighted by Crippen LogP contribution is -2.39. The highest BCUT2D eigenvalue weighted by Gasteiger charge is 2.24. The summed E-state index contributed by atoms with van der Waals surface area (Å²) in [6, 6.07) is 6.64. The van der Waals surface area contributed by atoms with Crippen LogP contribution in [0.5, 0.6) is 5.75 Å². The molecule has 4 rings (SSSR count). The Hall–Kier alpha value is -2.84. The van der Waals surface area contributed by atoms with Gasteiger partial charge in [-0.05, 0) is 30.5 Å². The number of nitrogens with one attached hydrogen (secondary N) is 2. The lowest BCUT2D eigenvalue weighted by Gasteiger charge is -2.26. The first-order chi connectivity index (χ1) is 14.1. The molecule has 0 spiro atoms. The van der Waals surface area contributed by atoms with Gasteiger partial charge < -0.3 is 25.0 Å². The summed E-state index contributed by atoms with van der Waals surface area (Å²) in [6.07, 6.45) is 5.35. The summed E-state index contributed by atoms with van der Waals surface area (Å²) < 4.78 is 11.1. The summed E-state index contributed by atoms with van der Waals surface area (Å²) in [4.78, 5) is 30.3. The van der Waals surface area contributed by atoms with E-state index in [9.17, 15) is 9.59 Å². The van der Waals surface area contributed by atoms with Crippen LogP contribution in [0.15, 0.2) is 36.7 Å². The number of amides is 3. The Morgan fingerprint density at radius 1 is 1.41 bits per heavy atom. The highest BCUT2D eigenvalue weighted by Crippen LogP contribution is 2.36. The number of halogens is 1. The fourth-order valence-corrected chi connectivity index (χ4v) is 3.57. The third-order valence-corrected chi connectivity index (χ3v) is 5.09. The van der Waals surface area contributed by atoms with Crippen molar-refractivity contribution in [2.24, 2.45) is 0 Å². The van der Waals surface area contributed by atoms with E-state index in [1.165, 1.54) is 0 Å². The number of carbonyl (C=O) groups excluding carboxylic acids is 2. The monoisotopic (exact) mass is 416 g/mol. The molecule has 3 heterocycles. The van der Waals surface area contributed by atoms with Crippen LogP contribution >= 0.6 is 11.6 Å². The minimum absolute atomic E-state index is 0.00923. The maximum atomic E-state index is 13.0. The van der Waals surface area contributed by atoms with Crippen molar-refractivity contribution in [1.82, 2.24) is 9.88 Å². The summed E-state index contributed by atoms with van der Waals surface area (Å²) in [5, 5.41) is 5.85. The van der Waals surface area contributed by atoms with Crippen LogP contribution in [0, 0.1) is 0 Å². The molecule has 29 heavy (non-hydrogen) atoms. The van der Waals surface area contributed by atoms with E-state index in [2.05, 4.69) is 15.6 Å². The Bertz CT molecular complexity index is 903. The van der Waals surface area contributed by atoms with Gasteiger partial charge in [-0.2, -0.15) is 0 Å². The molecule has 9 heteroatoms. The van der Waals surface area contributed by atoms with Crippen molar-refractivity contribution in [3.8, 4) is 5.75 Å². The van der Waals surface area contributed by atoms with Crippen LogP contribution in [0.25, 0.3) is 0 Å². The third-order valence-electron chi connectivity index (χ3n) is 4.78. The largest absolute Gasteiger partial charge is 0.482 e. The molecule has 8 nitrogen and oxygen atoms in total. The van der Waals surface area contributed by atoms with Gasteiger partial charge in [0.2, 0.25) is 0 Å². The average Bonchev–Trinajstić information content (AvgIpc) is 3.22. The maximum Gasteiger partial charge on any atom is 0.322 e. The van der Waals surface area contributed by atoms with E-state index >= 15 is 0 Å². The van der Waals surface area contributed by atoms with Crippen molar-refractivity contribution in [3.63, 3.8) is 0 Å². The van der Waals surface area contributed by atoms with Gasteiger partial charge in [0.1, 0.15) is 5.75 Å². The standard InChI is InChI=1S/C20H21ClN4O4/c21-15-7-17-18(29-12-19(26)23-17)8-16(15)24-20(27)25(11-14-4-2-6-28-14)10-13-3-1-5-22-9-13/h1,3,5,7-9,14H,2,4,6,10-12H2,(H,23,26)(H,24,27)/t14-/m0/s1. The quantitative estimate of drug-likeness (QED) is 0.780. The SMILES string of the molecule is O=C1COc2cc(NC(=O)N(Cc3cccnc3)C[C@@H]3CCCO3)c(Cl)cc2N1. The highest BCUT2D eigenvalue weighted by atomic mass is 35.5. The number of ether oxygens (including phenoxy) is 2. The van der Waals surface area contributed by atoms with Crippen molar-refractivity contribution in [1.29, 1.82) is 0 Å². The number of anilines is 2. The molecule has 1 aromatic carbocycles. The van der Waals surface area contributed by atoms with Crippen LogP contribution in [-0.2, 0) is 16.1 Å². The lowest BCUT2D eigenvalue weighted by atomic mass is 10.2. The van der Waals surface area contributed by atoms with Crippen LogP contribution in [0.4, 0.5) is 16.2 Å². The molecule has 0 unspecified atom stereocenters. The van der Waals surface area contributed by atoms with Gasteiger partial charge in [-0.1, -0.05) is 17.7 Å². The van der Waals surface area contributed by atoms with E-state index in [0.29, 0.717) is 41.8 Å². The smallest absolute Gasteiger partial charge is 0.322 e. The summed E-state index contributed by atoms with van der Waals surface area (Å²) in [5.74, 6) is 0.215. The zero-order chi connectivity index (χ0) is 20.2. The van der Waals surface area contributed by atoms with Crippen molar-refractivity contribution in [2.75, 3.05) is 30.4 Å². The summed E-state index contributed by atoms with van der Waals surface area (Å²) in [7, 11) is 0. The minimum Gasteiger partial charge on any atom is -0.482 e. The van der Waals surface area contributed by atoms with Crippen molar-refractivity contribution in [2.45, 2.75) is 25.5 Å². The van der Waals surface area contributed by atoms with Crippen LogP contribution < -0.4 is 15.4 Å². The molecule has 0 bridgehead atoms. The highest BCUT2D eigenvalue weighted by molar-refractivity contribution is 6.34. The Morgan fingerprint density at radius 2 is 2.31 bits per heavy atom. The van der Waals surface area contributed by atoms with Crippen LogP contribution in [0.2, 0.25) is 5.02 Å². The first-order valence-corrected chi connectivity index (χ1v) is 9.79. The van der Waals surface area contributed by atoms with Gasteiger partial charge in [0.25, 0.3) is 5.91 Å². The van der Waals surface area contributed by atoms with E-state index < -0.39 is 0 Å². The van der Waals surface area contributed by atoms with Crippen LogP contribution in [-0.4, -0.2) is 47.7 Å². The third kappa shape index (κ3) is 4.78. The van der Waals surface area contributed by atoms with E-state index in [0.717, 1.165) is 18.4 Å². The molecule has 2 aliphatic heterocycles. The molecular weight excluding hydrogens is 396 g/mol. The zero-order valence-electron chi connectivity index (χ0n) is 15.7. The summed E-state index contributed by atoms with van der Waals surface area (Å²) in [5.41, 5.74) is 1.81. The Morgan fingerprint density at radius 3 is 3.07 bits per heavy atom. The van der Waals surface area contributed by atoms with Crippen LogP contribution in [0.3, 0.4) is 0 Å². The van der Waals surface area contributed by atoms with Gasteiger partial charge in [0.05, 0.1) is 22.5 Å². The fourth-order valence-electron chi connectivity index (χ4n) is 3.36. The number of benzene rings is 1. The van der Waals surface area contributed by atoms with Gasteiger partial charge in [0.15, 0.2) is 6.61 Å². The first kappa shape index (κ1) is 19.5. The molecule has 1 fully saturated rings. The number of fused-ring (bicyclic) bond motifs is 1. The first-order valence-electron chi connectivity index (χ1n) is 9.41. The Balaban J connectivity index is 1.51. The summed E-state index contributed by atoms with van der Waals surface area (Å²) in [6.45, 7) is 1.51. The molecule has 2 aromatic rings. The second-order valence-corrected chi connectivity index (χ2v) is 7.38. The molecule has 0 aliphatic carbocycles. The number of nitrogens with zero attached hydrogens (tertiary/aromatic N) is 2. The number of carbonyl (C=O) groups is 2. The van der Waals surface area contributed by atoms with Crippen molar-refractivity contribution in [3.05, 3.63) is 47.2 Å². The molecule has 3 amide bonds. The predicted molar refractivity (Wildman–Crippen MR) is 108 cm³/mol. The number of hydrogen-bond donors (Lipinski definition) is 2. The molecule has 0 radical (unpaired) electrons. The maximum absolute atomic E-state index is 13.0. The van der Waals surface area contributed by atoms with Crippen LogP contribution in [0.1, 0.15) is 18.4 Å². The molecule has 2 aliphatic rings. The number of pyridine rings is 1. The minimum atomic E-state index is -0.300. The lowest BCUT2D eigenvalue weighted by molar-refractivity contribution is -0.118. The number of hydrogen-bond acceptors (Lipinski definition) is 5. The molecule has 2 N–H and O–H groups in total. The molecule has 152 valence electrons. The second-order valence-electron chi connectivity index (χ2n) is 6.97. The Kier molecular flexibility index (Phi) is 5.82. The fraction of sp³-hybridized carbons (Fsp3) is 0.350. The normalized spacial score (nSPS) is 17.8. The topological polar surface area (TPSA) is 92.8 Å². The second kappa shape index (κ2) is 8.67. The number of aromatic nitrogens is 1. The van der Waals surface area contributed by atoms with E-state index in [1.807, 2.05) is 12.1 Å². The van der Waals surface area contributed by atoms with Gasteiger partial charge in [-0.25, -0.2) is 4.79 Å². The average molecular weight is 417 g/mol. The van der Waals surface area contributed by atoms with E-state index in [1.54, 1.807) is 29.4 Å². The van der Waals surface area contributed by atoms with E-state index in [4.69, 9.17) is 21.1 Å². The molecular formula is C20H21ClN4O4. The summed E-state index contributed by atoms with van der Waals surface area (Å²) >= 11 is 6.31. The molecule has 1 aromatic heterocycles. The van der Waals surface area contributed by atoms with Gasteiger partial charge in [-0.15, -0.1) is 0 Å². The molecule has 1 saturated heterocycles. The molecule has 1 atom stereocenters. The number of urea groups is 1. The Labute approximate surface area is 173 Å². The van der Waals surface area contributed by atoms with Gasteiger partial charge in [0, 0.05) is 38.2 Å². The molecule has 0 saturated carbocycles. The van der Waals surface area contributed by atoms with Gasteiger partial charge in [-0.3, -0.25) is 9.78 Å². The van der Waals surface area contributed by atoms with Gasteiger partial charge >= 0.3 is 6.03 Å².